The Labute approximate surface area is 115 Å². The Morgan fingerprint density at radius 3 is 2.11 bits per heavy atom. The number of hydrogen-bond acceptors (Lipinski definition) is 2. The SMILES string of the molecule is CC(C)CC(C)(C(=O)O)c1ccc(OC(C)C)cc1. The summed E-state index contributed by atoms with van der Waals surface area (Å²) in [4.78, 5) is 11.6. The van der Waals surface area contributed by atoms with Gasteiger partial charge in [-0.25, -0.2) is 0 Å². The van der Waals surface area contributed by atoms with Crippen molar-refractivity contribution >= 4 is 5.97 Å². The van der Waals surface area contributed by atoms with Gasteiger partial charge in [0.15, 0.2) is 0 Å². The Kier molecular flexibility index (Phi) is 4.98. The van der Waals surface area contributed by atoms with Gasteiger partial charge in [-0.05, 0) is 50.8 Å². The number of carbonyl (C=O) groups is 1. The van der Waals surface area contributed by atoms with Crippen molar-refractivity contribution < 1.29 is 14.6 Å². The molecule has 0 heterocycles. The van der Waals surface area contributed by atoms with Crippen molar-refractivity contribution in [2.75, 3.05) is 0 Å². The summed E-state index contributed by atoms with van der Waals surface area (Å²) >= 11 is 0. The third-order valence-electron chi connectivity index (χ3n) is 3.15. The van der Waals surface area contributed by atoms with E-state index in [9.17, 15) is 9.90 Å². The maximum Gasteiger partial charge on any atom is 0.313 e. The standard InChI is InChI=1S/C16H24O3/c1-11(2)10-16(5,15(17)18)13-6-8-14(9-7-13)19-12(3)4/h6-9,11-12H,10H2,1-5H3,(H,17,18). The van der Waals surface area contributed by atoms with Gasteiger partial charge in [-0.2, -0.15) is 0 Å². The summed E-state index contributed by atoms with van der Waals surface area (Å²) in [6.45, 7) is 9.80. The van der Waals surface area contributed by atoms with Gasteiger partial charge in [0, 0.05) is 0 Å². The van der Waals surface area contributed by atoms with Crippen LogP contribution in [0.1, 0.15) is 46.6 Å². The fourth-order valence-corrected chi connectivity index (χ4v) is 2.32. The normalized spacial score (nSPS) is 14.5. The van der Waals surface area contributed by atoms with E-state index in [1.165, 1.54) is 0 Å². The molecular formula is C16H24O3. The van der Waals surface area contributed by atoms with Crippen LogP contribution in [0.2, 0.25) is 0 Å². The molecule has 1 aromatic carbocycles. The van der Waals surface area contributed by atoms with Crippen LogP contribution in [0.3, 0.4) is 0 Å². The zero-order valence-corrected chi connectivity index (χ0v) is 12.4. The monoisotopic (exact) mass is 264 g/mol. The molecule has 0 spiro atoms. The summed E-state index contributed by atoms with van der Waals surface area (Å²) in [5.41, 5.74) is -0.0188. The molecule has 0 bridgehead atoms. The van der Waals surface area contributed by atoms with Crippen LogP contribution in [0.5, 0.6) is 5.75 Å². The highest BCUT2D eigenvalue weighted by molar-refractivity contribution is 5.80. The zero-order chi connectivity index (χ0) is 14.6. The smallest absolute Gasteiger partial charge is 0.313 e. The lowest BCUT2D eigenvalue weighted by atomic mass is 9.76. The minimum Gasteiger partial charge on any atom is -0.491 e. The molecule has 0 aliphatic rings. The Balaban J connectivity index is 3.01. The summed E-state index contributed by atoms with van der Waals surface area (Å²) in [6.07, 6.45) is 0.736. The predicted molar refractivity (Wildman–Crippen MR) is 76.6 cm³/mol. The Hall–Kier alpha value is -1.51. The van der Waals surface area contributed by atoms with Crippen LogP contribution in [0.25, 0.3) is 0 Å². The number of carboxylic acid groups (broad SMARTS) is 1. The van der Waals surface area contributed by atoms with E-state index in [2.05, 4.69) is 0 Å². The van der Waals surface area contributed by atoms with Gasteiger partial charge in [0.1, 0.15) is 5.75 Å². The summed E-state index contributed by atoms with van der Waals surface area (Å²) < 4.78 is 5.58. The van der Waals surface area contributed by atoms with Gasteiger partial charge in [-0.15, -0.1) is 0 Å². The molecule has 3 heteroatoms. The molecule has 0 fully saturated rings. The Bertz CT molecular complexity index is 420. The molecule has 19 heavy (non-hydrogen) atoms. The quantitative estimate of drug-likeness (QED) is 0.848. The van der Waals surface area contributed by atoms with Gasteiger partial charge < -0.3 is 9.84 Å². The maximum atomic E-state index is 11.6. The van der Waals surface area contributed by atoms with Crippen LogP contribution in [0.15, 0.2) is 24.3 Å². The number of hydrogen-bond donors (Lipinski definition) is 1. The van der Waals surface area contributed by atoms with Gasteiger partial charge in [-0.1, -0.05) is 26.0 Å². The lowest BCUT2D eigenvalue weighted by Crippen LogP contribution is -2.33. The van der Waals surface area contributed by atoms with Gasteiger partial charge in [0.2, 0.25) is 0 Å². The van der Waals surface area contributed by atoms with Crippen molar-refractivity contribution in [1.29, 1.82) is 0 Å². The molecule has 0 amide bonds. The molecule has 0 saturated heterocycles. The number of aliphatic carboxylic acids is 1. The minimum atomic E-state index is -0.843. The molecule has 0 radical (unpaired) electrons. The molecule has 1 atom stereocenters. The first-order chi connectivity index (χ1) is 8.75. The van der Waals surface area contributed by atoms with Crippen LogP contribution in [-0.2, 0) is 10.2 Å². The number of benzene rings is 1. The second-order valence-corrected chi connectivity index (χ2v) is 5.93. The molecule has 0 aliphatic heterocycles. The molecule has 1 rings (SSSR count). The molecule has 0 saturated carbocycles. The van der Waals surface area contributed by atoms with Crippen LogP contribution in [-0.4, -0.2) is 17.2 Å². The van der Waals surface area contributed by atoms with Crippen molar-refractivity contribution in [3.63, 3.8) is 0 Å². The van der Waals surface area contributed by atoms with E-state index in [1.54, 1.807) is 6.92 Å². The maximum absolute atomic E-state index is 11.6. The third-order valence-corrected chi connectivity index (χ3v) is 3.15. The molecule has 1 aromatic rings. The number of ether oxygens (including phenoxy) is 1. The van der Waals surface area contributed by atoms with Crippen LogP contribution in [0, 0.1) is 5.92 Å². The first-order valence-electron chi connectivity index (χ1n) is 6.76. The first kappa shape index (κ1) is 15.5. The van der Waals surface area contributed by atoms with E-state index in [1.807, 2.05) is 52.0 Å². The van der Waals surface area contributed by atoms with Crippen molar-refractivity contribution in [2.24, 2.45) is 5.92 Å². The van der Waals surface area contributed by atoms with Crippen LogP contribution < -0.4 is 4.74 Å². The summed E-state index contributed by atoms with van der Waals surface area (Å²) in [6, 6.07) is 7.40. The molecular weight excluding hydrogens is 240 g/mol. The fourth-order valence-electron chi connectivity index (χ4n) is 2.32. The third kappa shape index (κ3) is 3.98. The highest BCUT2D eigenvalue weighted by atomic mass is 16.5. The number of rotatable bonds is 6. The first-order valence-corrected chi connectivity index (χ1v) is 6.76. The Morgan fingerprint density at radius 1 is 1.21 bits per heavy atom. The van der Waals surface area contributed by atoms with Gasteiger partial charge >= 0.3 is 5.97 Å². The van der Waals surface area contributed by atoms with Crippen LogP contribution in [0.4, 0.5) is 0 Å². The van der Waals surface area contributed by atoms with Crippen molar-refractivity contribution in [1.82, 2.24) is 0 Å². The van der Waals surface area contributed by atoms with Gasteiger partial charge in [-0.3, -0.25) is 4.79 Å². The topological polar surface area (TPSA) is 46.5 Å². The van der Waals surface area contributed by atoms with Crippen LogP contribution >= 0.6 is 0 Å². The fraction of sp³-hybridized carbons (Fsp3) is 0.562. The Morgan fingerprint density at radius 2 is 1.74 bits per heavy atom. The van der Waals surface area contributed by atoms with E-state index in [0.29, 0.717) is 12.3 Å². The minimum absolute atomic E-state index is 0.118. The summed E-state index contributed by atoms with van der Waals surface area (Å²) in [5, 5.41) is 9.52. The van der Waals surface area contributed by atoms with E-state index < -0.39 is 11.4 Å². The van der Waals surface area contributed by atoms with Crippen molar-refractivity contribution in [3.8, 4) is 5.75 Å². The van der Waals surface area contributed by atoms with Crippen molar-refractivity contribution in [3.05, 3.63) is 29.8 Å². The van der Waals surface area contributed by atoms with Gasteiger partial charge in [0.05, 0.1) is 11.5 Å². The molecule has 3 nitrogen and oxygen atoms in total. The summed E-state index contributed by atoms with van der Waals surface area (Å²) in [5.74, 6) is 0.322. The zero-order valence-electron chi connectivity index (χ0n) is 12.4. The molecule has 1 unspecified atom stereocenters. The molecule has 0 aromatic heterocycles. The second-order valence-electron chi connectivity index (χ2n) is 5.93. The van der Waals surface area contributed by atoms with E-state index >= 15 is 0 Å². The average molecular weight is 264 g/mol. The largest absolute Gasteiger partial charge is 0.491 e. The van der Waals surface area contributed by atoms with Gasteiger partial charge in [0.25, 0.3) is 0 Å². The summed E-state index contributed by atoms with van der Waals surface area (Å²) in [7, 11) is 0. The highest BCUT2D eigenvalue weighted by Gasteiger charge is 2.35. The van der Waals surface area contributed by atoms with E-state index in [4.69, 9.17) is 4.74 Å². The van der Waals surface area contributed by atoms with E-state index in [0.717, 1.165) is 11.3 Å². The predicted octanol–water partition coefficient (Wildman–Crippen LogP) is 3.86. The lowest BCUT2D eigenvalue weighted by Gasteiger charge is -2.27. The number of carboxylic acids is 1. The van der Waals surface area contributed by atoms with E-state index in [-0.39, 0.29) is 6.10 Å². The molecule has 0 aliphatic carbocycles. The molecule has 106 valence electrons. The highest BCUT2D eigenvalue weighted by Crippen LogP contribution is 2.32. The lowest BCUT2D eigenvalue weighted by molar-refractivity contribution is -0.143. The second kappa shape index (κ2) is 6.09. The molecule has 1 N–H and O–H groups in total. The average Bonchev–Trinajstić information content (AvgIpc) is 2.27. The van der Waals surface area contributed by atoms with Crippen molar-refractivity contribution in [2.45, 2.75) is 52.6 Å².